The first-order valence-electron chi connectivity index (χ1n) is 2.98. The van der Waals surface area contributed by atoms with Crippen molar-refractivity contribution in [2.24, 2.45) is 5.73 Å². The van der Waals surface area contributed by atoms with Crippen molar-refractivity contribution in [1.82, 2.24) is 0 Å². The molecular formula is C7H7BrCl2FN. The molecule has 0 saturated heterocycles. The third kappa shape index (κ3) is 2.59. The van der Waals surface area contributed by atoms with E-state index in [-0.39, 0.29) is 18.2 Å². The van der Waals surface area contributed by atoms with E-state index in [0.29, 0.717) is 16.0 Å². The zero-order chi connectivity index (χ0) is 8.43. The number of hydrogen-bond donors (Lipinski definition) is 1. The fraction of sp³-hybridized carbons (Fsp3) is 0.143. The van der Waals surface area contributed by atoms with E-state index >= 15 is 0 Å². The van der Waals surface area contributed by atoms with Gasteiger partial charge in [0.25, 0.3) is 0 Å². The maximum atomic E-state index is 12.6. The van der Waals surface area contributed by atoms with Crippen molar-refractivity contribution in [2.75, 3.05) is 0 Å². The van der Waals surface area contributed by atoms with Crippen molar-refractivity contribution >= 4 is 39.9 Å². The number of hydrogen-bond acceptors (Lipinski definition) is 1. The van der Waals surface area contributed by atoms with Crippen LogP contribution >= 0.6 is 39.9 Å². The van der Waals surface area contributed by atoms with Gasteiger partial charge in [-0.25, -0.2) is 4.39 Å². The van der Waals surface area contributed by atoms with Crippen molar-refractivity contribution in [1.29, 1.82) is 0 Å². The monoisotopic (exact) mass is 273 g/mol. The Kier molecular flexibility index (Phi) is 5.09. The molecule has 0 saturated carbocycles. The van der Waals surface area contributed by atoms with Crippen molar-refractivity contribution in [2.45, 2.75) is 6.54 Å². The SMILES string of the molecule is Cl.NCc1c(Cl)cc(F)cc1Br. The average molecular weight is 275 g/mol. The molecule has 0 aromatic heterocycles. The van der Waals surface area contributed by atoms with E-state index in [4.69, 9.17) is 17.3 Å². The lowest BCUT2D eigenvalue weighted by atomic mass is 10.2. The second-order valence-electron chi connectivity index (χ2n) is 2.05. The van der Waals surface area contributed by atoms with E-state index in [1.165, 1.54) is 12.1 Å². The quantitative estimate of drug-likeness (QED) is 0.837. The Morgan fingerprint density at radius 3 is 2.50 bits per heavy atom. The van der Waals surface area contributed by atoms with Gasteiger partial charge >= 0.3 is 0 Å². The van der Waals surface area contributed by atoms with Gasteiger partial charge in [-0.15, -0.1) is 12.4 Å². The van der Waals surface area contributed by atoms with Crippen LogP contribution in [0.4, 0.5) is 4.39 Å². The van der Waals surface area contributed by atoms with E-state index in [0.717, 1.165) is 5.56 Å². The van der Waals surface area contributed by atoms with Gasteiger partial charge in [-0.2, -0.15) is 0 Å². The van der Waals surface area contributed by atoms with Gasteiger partial charge < -0.3 is 5.73 Å². The van der Waals surface area contributed by atoms with Gasteiger partial charge in [-0.1, -0.05) is 27.5 Å². The van der Waals surface area contributed by atoms with Crippen LogP contribution in [0, 0.1) is 5.82 Å². The van der Waals surface area contributed by atoms with Crippen molar-refractivity contribution in [3.63, 3.8) is 0 Å². The molecule has 1 nitrogen and oxygen atoms in total. The fourth-order valence-corrected chi connectivity index (χ4v) is 1.76. The van der Waals surface area contributed by atoms with Crippen LogP contribution in [0.25, 0.3) is 0 Å². The molecule has 0 aliphatic carbocycles. The molecule has 0 atom stereocenters. The molecule has 12 heavy (non-hydrogen) atoms. The molecule has 0 amide bonds. The summed E-state index contributed by atoms with van der Waals surface area (Å²) in [6, 6.07) is 2.59. The summed E-state index contributed by atoms with van der Waals surface area (Å²) in [5.74, 6) is -0.362. The van der Waals surface area contributed by atoms with Crippen LogP contribution < -0.4 is 5.73 Å². The van der Waals surface area contributed by atoms with Crippen LogP contribution in [-0.2, 0) is 6.54 Å². The molecule has 0 radical (unpaired) electrons. The topological polar surface area (TPSA) is 26.0 Å². The molecule has 1 aromatic rings. The highest BCUT2D eigenvalue weighted by Crippen LogP contribution is 2.25. The zero-order valence-corrected chi connectivity index (χ0v) is 9.14. The Hall–Kier alpha value is 0.170. The second kappa shape index (κ2) is 5.02. The molecule has 0 fully saturated rings. The van der Waals surface area contributed by atoms with Crippen LogP contribution in [0.5, 0.6) is 0 Å². The van der Waals surface area contributed by atoms with E-state index in [1.54, 1.807) is 0 Å². The Morgan fingerprint density at radius 2 is 2.08 bits per heavy atom. The smallest absolute Gasteiger partial charge is 0.125 e. The average Bonchev–Trinajstić information content (AvgIpc) is 1.85. The highest BCUT2D eigenvalue weighted by atomic mass is 79.9. The van der Waals surface area contributed by atoms with E-state index in [2.05, 4.69) is 15.9 Å². The Balaban J connectivity index is 0.00000121. The van der Waals surface area contributed by atoms with E-state index in [1.807, 2.05) is 0 Å². The van der Waals surface area contributed by atoms with Crippen LogP contribution in [0.2, 0.25) is 5.02 Å². The van der Waals surface area contributed by atoms with Gasteiger partial charge in [0.15, 0.2) is 0 Å². The zero-order valence-electron chi connectivity index (χ0n) is 5.98. The molecule has 0 spiro atoms. The Morgan fingerprint density at radius 1 is 1.50 bits per heavy atom. The molecule has 0 heterocycles. The van der Waals surface area contributed by atoms with Crippen LogP contribution in [0.1, 0.15) is 5.56 Å². The number of benzene rings is 1. The predicted molar refractivity (Wildman–Crippen MR) is 54.2 cm³/mol. The molecule has 0 aliphatic rings. The van der Waals surface area contributed by atoms with E-state index < -0.39 is 0 Å². The van der Waals surface area contributed by atoms with Crippen molar-refractivity contribution in [3.8, 4) is 0 Å². The minimum Gasteiger partial charge on any atom is -0.326 e. The molecule has 5 heteroatoms. The van der Waals surface area contributed by atoms with Gasteiger partial charge in [0.05, 0.1) is 0 Å². The lowest BCUT2D eigenvalue weighted by Gasteiger charge is -2.03. The lowest BCUT2D eigenvalue weighted by Crippen LogP contribution is -1.98. The summed E-state index contributed by atoms with van der Waals surface area (Å²) in [6.07, 6.45) is 0. The van der Waals surface area contributed by atoms with Gasteiger partial charge in [-0.3, -0.25) is 0 Å². The molecule has 2 N–H and O–H groups in total. The first kappa shape index (κ1) is 12.2. The molecule has 0 bridgehead atoms. The molecule has 0 aliphatic heterocycles. The lowest BCUT2D eigenvalue weighted by molar-refractivity contribution is 0.626. The molecule has 0 unspecified atom stereocenters. The van der Waals surface area contributed by atoms with Gasteiger partial charge in [0.2, 0.25) is 0 Å². The van der Waals surface area contributed by atoms with Crippen molar-refractivity contribution < 1.29 is 4.39 Å². The first-order chi connectivity index (χ1) is 5.15. The molecule has 1 aromatic carbocycles. The minimum absolute atomic E-state index is 0. The normalized spacial score (nSPS) is 9.33. The molecule has 1 rings (SSSR count). The van der Waals surface area contributed by atoms with Crippen molar-refractivity contribution in [3.05, 3.63) is 33.0 Å². The minimum atomic E-state index is -0.362. The number of rotatable bonds is 1. The summed E-state index contributed by atoms with van der Waals surface area (Å²) < 4.78 is 13.2. The summed E-state index contributed by atoms with van der Waals surface area (Å²) in [4.78, 5) is 0. The van der Waals surface area contributed by atoms with Crippen LogP contribution in [0.3, 0.4) is 0 Å². The fourth-order valence-electron chi connectivity index (χ4n) is 0.767. The van der Waals surface area contributed by atoms with Gasteiger partial charge in [0, 0.05) is 16.0 Å². The standard InChI is InChI=1S/C7H6BrClFN.ClH/c8-6-1-4(10)2-7(9)5(6)3-11;/h1-2H,3,11H2;1H. The largest absolute Gasteiger partial charge is 0.326 e. The Labute approximate surface area is 89.6 Å². The molecular weight excluding hydrogens is 268 g/mol. The maximum absolute atomic E-state index is 12.6. The predicted octanol–water partition coefficient (Wildman–Crippen LogP) is 3.12. The highest BCUT2D eigenvalue weighted by Gasteiger charge is 2.05. The number of nitrogens with two attached hydrogens (primary N) is 1. The third-order valence-corrected chi connectivity index (χ3v) is 2.35. The summed E-state index contributed by atoms with van der Waals surface area (Å²) in [6.45, 7) is 0.305. The maximum Gasteiger partial charge on any atom is 0.125 e. The second-order valence-corrected chi connectivity index (χ2v) is 3.31. The highest BCUT2D eigenvalue weighted by molar-refractivity contribution is 9.10. The van der Waals surface area contributed by atoms with Gasteiger partial charge in [0.1, 0.15) is 5.82 Å². The summed E-state index contributed by atoms with van der Waals surface area (Å²) >= 11 is 8.84. The van der Waals surface area contributed by atoms with E-state index in [9.17, 15) is 4.39 Å². The van der Waals surface area contributed by atoms with Gasteiger partial charge in [-0.05, 0) is 17.7 Å². The first-order valence-corrected chi connectivity index (χ1v) is 4.15. The third-order valence-electron chi connectivity index (χ3n) is 1.31. The Bertz CT molecular complexity index is 257. The summed E-state index contributed by atoms with van der Waals surface area (Å²) in [7, 11) is 0. The molecule has 68 valence electrons. The van der Waals surface area contributed by atoms with Crippen LogP contribution in [-0.4, -0.2) is 0 Å². The number of halogens is 4. The van der Waals surface area contributed by atoms with Crippen LogP contribution in [0.15, 0.2) is 16.6 Å². The summed E-state index contributed by atoms with van der Waals surface area (Å²) in [5, 5.41) is 0.361. The summed E-state index contributed by atoms with van der Waals surface area (Å²) in [5.41, 5.74) is 6.09.